The molecule has 0 aliphatic carbocycles. The van der Waals surface area contributed by atoms with Crippen LogP contribution in [-0.2, 0) is 14.3 Å². The number of carbonyl (C=O) groups excluding carboxylic acids is 1. The van der Waals surface area contributed by atoms with Crippen LogP contribution in [0.4, 0.5) is 0 Å². The van der Waals surface area contributed by atoms with Gasteiger partial charge in [0.05, 0.1) is 0 Å². The number of primary amides is 1. The minimum atomic E-state index is -0.833. The Balaban J connectivity index is 0. The predicted molar refractivity (Wildman–Crippen MR) is 34.4 cm³/mol. The van der Waals surface area contributed by atoms with E-state index in [0.29, 0.717) is 0 Å². The molecule has 0 heterocycles. The Hall–Kier alpha value is -1.10. The fraction of sp³-hybridized carbons (Fsp3) is 0.600. The molecule has 0 atom stereocenters. The molecule has 10 heavy (non-hydrogen) atoms. The van der Waals surface area contributed by atoms with Gasteiger partial charge in [-0.25, -0.2) is 0 Å². The minimum Gasteiger partial charge on any atom is -0.481 e. The number of nitrogens with two attached hydrogens (primary N) is 1. The first-order valence-electron chi connectivity index (χ1n) is 2.47. The van der Waals surface area contributed by atoms with E-state index in [9.17, 15) is 4.79 Å². The number of methoxy groups -OCH3 is 1. The Kier molecular flexibility index (Phi) is 9.22. The Morgan fingerprint density at radius 3 is 1.90 bits per heavy atom. The van der Waals surface area contributed by atoms with Crippen LogP contribution in [-0.4, -0.2) is 30.7 Å². The second-order valence-electron chi connectivity index (χ2n) is 1.42. The third kappa shape index (κ3) is 66.5. The first-order valence-corrected chi connectivity index (χ1v) is 2.47. The van der Waals surface area contributed by atoms with Crippen LogP contribution in [0.1, 0.15) is 6.92 Å². The topological polar surface area (TPSA) is 89.6 Å². The largest absolute Gasteiger partial charge is 0.481 e. The van der Waals surface area contributed by atoms with Crippen LogP contribution in [0.2, 0.25) is 0 Å². The number of aliphatic carboxylic acids is 1. The molecule has 0 aliphatic heterocycles. The first-order chi connectivity index (χ1) is 4.50. The van der Waals surface area contributed by atoms with Gasteiger partial charge in [0.15, 0.2) is 0 Å². The second kappa shape index (κ2) is 7.90. The molecular weight excluding hydrogens is 138 g/mol. The Morgan fingerprint density at radius 2 is 1.90 bits per heavy atom. The van der Waals surface area contributed by atoms with Gasteiger partial charge < -0.3 is 15.6 Å². The highest BCUT2D eigenvalue weighted by Gasteiger charge is 1.84. The van der Waals surface area contributed by atoms with Crippen molar-refractivity contribution in [2.24, 2.45) is 5.73 Å². The summed E-state index contributed by atoms with van der Waals surface area (Å²) in [6.45, 7) is 1.10. The summed E-state index contributed by atoms with van der Waals surface area (Å²) in [5.41, 5.74) is 4.64. The van der Waals surface area contributed by atoms with Gasteiger partial charge in [-0.05, 0) is 0 Å². The number of rotatable bonds is 2. The Morgan fingerprint density at radius 1 is 1.60 bits per heavy atom. The molecule has 5 nitrogen and oxygen atoms in total. The summed E-state index contributed by atoms with van der Waals surface area (Å²) in [5, 5.41) is 7.42. The number of carboxylic acid groups (broad SMARTS) is 1. The average molecular weight is 149 g/mol. The van der Waals surface area contributed by atoms with E-state index in [-0.39, 0.29) is 6.61 Å². The number of hydrogen-bond donors (Lipinski definition) is 2. The van der Waals surface area contributed by atoms with Crippen LogP contribution in [0.5, 0.6) is 0 Å². The molecule has 0 bridgehead atoms. The van der Waals surface area contributed by atoms with Gasteiger partial charge in [-0.1, -0.05) is 0 Å². The van der Waals surface area contributed by atoms with Crippen molar-refractivity contribution in [3.63, 3.8) is 0 Å². The molecule has 3 N–H and O–H groups in total. The normalized spacial score (nSPS) is 7.40. The molecule has 0 fully saturated rings. The summed E-state index contributed by atoms with van der Waals surface area (Å²) >= 11 is 0. The summed E-state index contributed by atoms with van der Waals surface area (Å²) < 4.78 is 4.33. The summed E-state index contributed by atoms with van der Waals surface area (Å²) in [6.07, 6.45) is 0. The van der Waals surface area contributed by atoms with Crippen LogP contribution < -0.4 is 5.73 Å². The van der Waals surface area contributed by atoms with Gasteiger partial charge >= 0.3 is 0 Å². The Bertz CT molecular complexity index is 108. The lowest BCUT2D eigenvalue weighted by Gasteiger charge is -1.85. The first kappa shape index (κ1) is 11.7. The molecule has 0 aliphatic rings. The highest BCUT2D eigenvalue weighted by atomic mass is 16.5. The van der Waals surface area contributed by atoms with Gasteiger partial charge in [-0.2, -0.15) is 0 Å². The molecule has 0 aromatic rings. The summed E-state index contributed by atoms with van der Waals surface area (Å²) in [6, 6.07) is 0. The summed E-state index contributed by atoms with van der Waals surface area (Å²) in [5.74, 6) is -1.27. The molecule has 0 saturated carbocycles. The predicted octanol–water partition coefficient (Wildman–Crippen LogP) is -0.791. The standard InChI is InChI=1S/C3H7NO2.C2H4O2/c1-6-2-3(4)5;1-2(3)4/h2H2,1H3,(H2,4,5);1H3,(H,3,4). The minimum absolute atomic E-state index is 0.0139. The lowest BCUT2D eigenvalue weighted by atomic mass is 10.7. The number of amides is 1. The van der Waals surface area contributed by atoms with Crippen molar-refractivity contribution in [3.05, 3.63) is 0 Å². The van der Waals surface area contributed by atoms with E-state index in [0.717, 1.165) is 6.92 Å². The maximum atomic E-state index is 9.70. The number of carboxylic acids is 1. The van der Waals surface area contributed by atoms with E-state index in [1.807, 2.05) is 0 Å². The molecule has 0 unspecified atom stereocenters. The summed E-state index contributed by atoms with van der Waals surface area (Å²) in [7, 11) is 1.42. The van der Waals surface area contributed by atoms with Crippen LogP contribution >= 0.6 is 0 Å². The van der Waals surface area contributed by atoms with Crippen LogP contribution in [0.3, 0.4) is 0 Å². The van der Waals surface area contributed by atoms with Gasteiger partial charge in [0.2, 0.25) is 5.91 Å². The lowest BCUT2D eigenvalue weighted by Crippen LogP contribution is -2.16. The van der Waals surface area contributed by atoms with Crippen molar-refractivity contribution in [1.29, 1.82) is 0 Å². The fourth-order valence-electron chi connectivity index (χ4n) is 0.142. The quantitative estimate of drug-likeness (QED) is 0.538. The molecule has 0 saturated heterocycles. The maximum Gasteiger partial charge on any atom is 0.300 e. The van der Waals surface area contributed by atoms with E-state index in [1.165, 1.54) is 7.11 Å². The van der Waals surface area contributed by atoms with Crippen molar-refractivity contribution in [2.45, 2.75) is 6.92 Å². The monoisotopic (exact) mass is 149 g/mol. The van der Waals surface area contributed by atoms with Crippen LogP contribution in [0.25, 0.3) is 0 Å². The van der Waals surface area contributed by atoms with Gasteiger partial charge in [0.1, 0.15) is 6.61 Å². The van der Waals surface area contributed by atoms with Gasteiger partial charge in [0, 0.05) is 14.0 Å². The highest BCUT2D eigenvalue weighted by Crippen LogP contribution is 1.58. The van der Waals surface area contributed by atoms with E-state index in [4.69, 9.17) is 9.90 Å². The van der Waals surface area contributed by atoms with E-state index < -0.39 is 11.9 Å². The third-order valence-electron chi connectivity index (χ3n) is 0.287. The number of hydrogen-bond acceptors (Lipinski definition) is 3. The van der Waals surface area contributed by atoms with Gasteiger partial charge in [-0.3, -0.25) is 9.59 Å². The Labute approximate surface area is 58.8 Å². The van der Waals surface area contributed by atoms with Gasteiger partial charge in [0.25, 0.3) is 5.97 Å². The van der Waals surface area contributed by atoms with Crippen molar-refractivity contribution >= 4 is 11.9 Å². The molecule has 0 rings (SSSR count). The lowest BCUT2D eigenvalue weighted by molar-refractivity contribution is -0.134. The third-order valence-corrected chi connectivity index (χ3v) is 0.287. The van der Waals surface area contributed by atoms with E-state index in [2.05, 4.69) is 10.5 Å². The van der Waals surface area contributed by atoms with Gasteiger partial charge in [-0.15, -0.1) is 0 Å². The van der Waals surface area contributed by atoms with Crippen molar-refractivity contribution in [3.8, 4) is 0 Å². The molecule has 0 radical (unpaired) electrons. The van der Waals surface area contributed by atoms with Crippen LogP contribution in [0.15, 0.2) is 0 Å². The smallest absolute Gasteiger partial charge is 0.300 e. The number of carbonyl (C=O) groups is 2. The van der Waals surface area contributed by atoms with E-state index in [1.54, 1.807) is 0 Å². The fourth-order valence-corrected chi connectivity index (χ4v) is 0.142. The molecule has 5 heteroatoms. The zero-order valence-corrected chi connectivity index (χ0v) is 5.96. The maximum absolute atomic E-state index is 9.70. The second-order valence-corrected chi connectivity index (χ2v) is 1.42. The highest BCUT2D eigenvalue weighted by molar-refractivity contribution is 5.74. The zero-order chi connectivity index (χ0) is 8.57. The zero-order valence-electron chi connectivity index (χ0n) is 5.96. The SMILES string of the molecule is CC(=O)O.COCC(N)=O. The average Bonchev–Trinajstić information content (AvgIpc) is 1.62. The van der Waals surface area contributed by atoms with Crippen molar-refractivity contribution < 1.29 is 19.4 Å². The summed E-state index contributed by atoms with van der Waals surface area (Å²) in [4.78, 5) is 18.7. The molecule has 60 valence electrons. The molecule has 1 amide bonds. The molecule has 0 aromatic carbocycles. The van der Waals surface area contributed by atoms with E-state index >= 15 is 0 Å². The van der Waals surface area contributed by atoms with Crippen molar-refractivity contribution in [2.75, 3.05) is 13.7 Å². The molecule has 0 aromatic heterocycles. The van der Waals surface area contributed by atoms with Crippen molar-refractivity contribution in [1.82, 2.24) is 0 Å². The molecular formula is C5H11NO4. The van der Waals surface area contributed by atoms with Crippen LogP contribution in [0, 0.1) is 0 Å². The number of ether oxygens (including phenoxy) is 1. The molecule has 0 spiro atoms.